The van der Waals surface area contributed by atoms with Gasteiger partial charge in [-0.05, 0) is 34.8 Å². The summed E-state index contributed by atoms with van der Waals surface area (Å²) in [5.74, 6) is 1.67. The van der Waals surface area contributed by atoms with Gasteiger partial charge >= 0.3 is 0 Å². The minimum atomic E-state index is 0.645. The molecule has 1 rings (SSSR count). The summed E-state index contributed by atoms with van der Waals surface area (Å²) < 4.78 is 0.930. The number of rotatable bonds is 6. The highest BCUT2D eigenvalue weighted by molar-refractivity contribution is 9.10. The van der Waals surface area contributed by atoms with Gasteiger partial charge in [-0.1, -0.05) is 18.0 Å². The van der Waals surface area contributed by atoms with Crippen molar-refractivity contribution in [1.29, 1.82) is 0 Å². The van der Waals surface area contributed by atoms with Crippen LogP contribution in [0.25, 0.3) is 0 Å². The van der Waals surface area contributed by atoms with Gasteiger partial charge in [0.05, 0.1) is 9.50 Å². The van der Waals surface area contributed by atoms with Gasteiger partial charge in [0.25, 0.3) is 0 Å². The number of hydrogen-bond acceptors (Lipinski definition) is 2. The van der Waals surface area contributed by atoms with Crippen LogP contribution in [0.2, 0.25) is 5.02 Å². The second-order valence-electron chi connectivity index (χ2n) is 3.63. The smallest absolute Gasteiger partial charge is 0.142 e. The van der Waals surface area contributed by atoms with Crippen LogP contribution in [0.15, 0.2) is 16.7 Å². The number of pyridine rings is 1. The Morgan fingerprint density at radius 3 is 2.75 bits per heavy atom. The molecule has 0 aromatic carbocycles. The van der Waals surface area contributed by atoms with Gasteiger partial charge in [-0.25, -0.2) is 4.98 Å². The maximum absolute atomic E-state index is 5.84. The molecule has 0 fully saturated rings. The second-order valence-corrected chi connectivity index (χ2v) is 5.30. The SMILES string of the molecule is CN(CCCCCCl)c1ncc(Cl)cc1Br. The lowest BCUT2D eigenvalue weighted by Gasteiger charge is -2.19. The summed E-state index contributed by atoms with van der Waals surface area (Å²) in [6.45, 7) is 0.976. The molecule has 16 heavy (non-hydrogen) atoms. The van der Waals surface area contributed by atoms with Crippen molar-refractivity contribution < 1.29 is 0 Å². The van der Waals surface area contributed by atoms with E-state index in [-0.39, 0.29) is 0 Å². The van der Waals surface area contributed by atoms with E-state index in [1.807, 2.05) is 13.1 Å². The van der Waals surface area contributed by atoms with Crippen LogP contribution < -0.4 is 4.90 Å². The van der Waals surface area contributed by atoms with Crippen molar-refractivity contribution in [1.82, 2.24) is 4.98 Å². The van der Waals surface area contributed by atoms with Crippen LogP contribution in [-0.2, 0) is 0 Å². The van der Waals surface area contributed by atoms with Gasteiger partial charge in [-0.2, -0.15) is 0 Å². The molecule has 0 bridgehead atoms. The first-order valence-electron chi connectivity index (χ1n) is 5.23. The predicted octanol–water partition coefficient (Wildman–Crippen LogP) is 4.34. The maximum Gasteiger partial charge on any atom is 0.142 e. The van der Waals surface area contributed by atoms with E-state index in [0.717, 1.165) is 42.0 Å². The molecule has 90 valence electrons. The largest absolute Gasteiger partial charge is 0.359 e. The van der Waals surface area contributed by atoms with Gasteiger partial charge in [-0.15, -0.1) is 11.6 Å². The monoisotopic (exact) mass is 324 g/mol. The van der Waals surface area contributed by atoms with Crippen molar-refractivity contribution in [2.24, 2.45) is 0 Å². The van der Waals surface area contributed by atoms with Crippen molar-refractivity contribution >= 4 is 44.9 Å². The Labute approximate surface area is 115 Å². The van der Waals surface area contributed by atoms with Crippen molar-refractivity contribution in [2.75, 3.05) is 24.4 Å². The Bertz CT molecular complexity index is 334. The summed E-state index contributed by atoms with van der Waals surface area (Å²) in [7, 11) is 2.03. The zero-order chi connectivity index (χ0) is 12.0. The number of aromatic nitrogens is 1. The summed E-state index contributed by atoms with van der Waals surface area (Å²) >= 11 is 14.9. The summed E-state index contributed by atoms with van der Waals surface area (Å²) in [4.78, 5) is 6.42. The maximum atomic E-state index is 5.84. The zero-order valence-corrected chi connectivity index (χ0v) is 12.3. The fourth-order valence-corrected chi connectivity index (χ4v) is 2.54. The van der Waals surface area contributed by atoms with E-state index < -0.39 is 0 Å². The van der Waals surface area contributed by atoms with Crippen molar-refractivity contribution in [3.05, 3.63) is 21.8 Å². The summed E-state index contributed by atoms with van der Waals surface area (Å²) in [6.07, 6.45) is 5.01. The molecule has 5 heteroatoms. The van der Waals surface area contributed by atoms with Gasteiger partial charge in [-0.3, -0.25) is 0 Å². The first-order valence-corrected chi connectivity index (χ1v) is 6.94. The number of unbranched alkanes of at least 4 members (excludes halogenated alkanes) is 2. The molecule has 0 amide bonds. The molecule has 0 unspecified atom stereocenters. The van der Waals surface area contributed by atoms with Crippen molar-refractivity contribution in [3.63, 3.8) is 0 Å². The molecule has 1 aromatic rings. The highest BCUT2D eigenvalue weighted by Crippen LogP contribution is 2.25. The molecule has 1 heterocycles. The van der Waals surface area contributed by atoms with Crippen LogP contribution in [-0.4, -0.2) is 24.5 Å². The van der Waals surface area contributed by atoms with Crippen LogP contribution in [0.3, 0.4) is 0 Å². The summed E-state index contributed by atoms with van der Waals surface area (Å²) in [5.41, 5.74) is 0. The highest BCUT2D eigenvalue weighted by atomic mass is 79.9. The lowest BCUT2D eigenvalue weighted by atomic mass is 10.2. The quantitative estimate of drug-likeness (QED) is 0.571. The Balaban J connectivity index is 2.49. The molecule has 0 spiro atoms. The predicted molar refractivity (Wildman–Crippen MR) is 74.8 cm³/mol. The number of hydrogen-bond donors (Lipinski definition) is 0. The van der Waals surface area contributed by atoms with E-state index in [9.17, 15) is 0 Å². The molecule has 0 aliphatic rings. The highest BCUT2D eigenvalue weighted by Gasteiger charge is 2.07. The third-order valence-electron chi connectivity index (χ3n) is 2.28. The molecule has 1 aromatic heterocycles. The van der Waals surface area contributed by atoms with Crippen LogP contribution in [0.4, 0.5) is 5.82 Å². The molecule has 0 saturated carbocycles. The normalized spacial score (nSPS) is 10.5. The fourth-order valence-electron chi connectivity index (χ4n) is 1.41. The Kier molecular flexibility index (Phi) is 6.47. The van der Waals surface area contributed by atoms with E-state index in [0.29, 0.717) is 5.02 Å². The molecular formula is C11H15BrCl2N2. The van der Waals surface area contributed by atoms with Gasteiger partial charge in [0.2, 0.25) is 0 Å². The van der Waals surface area contributed by atoms with Crippen LogP contribution in [0, 0.1) is 0 Å². The molecule has 0 atom stereocenters. The number of halogens is 3. The van der Waals surface area contributed by atoms with Gasteiger partial charge in [0.15, 0.2) is 0 Å². The first-order chi connectivity index (χ1) is 7.65. The van der Waals surface area contributed by atoms with E-state index in [1.165, 1.54) is 0 Å². The van der Waals surface area contributed by atoms with E-state index in [1.54, 1.807) is 6.20 Å². The third kappa shape index (κ3) is 4.48. The van der Waals surface area contributed by atoms with Crippen LogP contribution in [0.1, 0.15) is 19.3 Å². The van der Waals surface area contributed by atoms with Gasteiger partial charge in [0, 0.05) is 25.7 Å². The van der Waals surface area contributed by atoms with Crippen LogP contribution in [0.5, 0.6) is 0 Å². The molecule has 2 nitrogen and oxygen atoms in total. The fraction of sp³-hybridized carbons (Fsp3) is 0.545. The minimum absolute atomic E-state index is 0.645. The number of nitrogens with zero attached hydrogens (tertiary/aromatic N) is 2. The lowest BCUT2D eigenvalue weighted by molar-refractivity contribution is 0.703. The topological polar surface area (TPSA) is 16.1 Å². The standard InChI is InChI=1S/C11H15BrCl2N2/c1-16(6-4-2-3-5-13)11-10(12)7-9(14)8-15-11/h7-8H,2-6H2,1H3. The molecular weight excluding hydrogens is 311 g/mol. The molecule has 0 saturated heterocycles. The Morgan fingerprint density at radius 2 is 2.12 bits per heavy atom. The summed E-state index contributed by atoms with van der Waals surface area (Å²) in [5, 5.41) is 0.645. The van der Waals surface area contributed by atoms with Crippen molar-refractivity contribution in [2.45, 2.75) is 19.3 Å². The molecule has 0 N–H and O–H groups in total. The van der Waals surface area contributed by atoms with Crippen LogP contribution >= 0.6 is 39.1 Å². The van der Waals surface area contributed by atoms with Crippen molar-refractivity contribution in [3.8, 4) is 0 Å². The number of anilines is 1. The molecule has 0 radical (unpaired) electrons. The lowest BCUT2D eigenvalue weighted by Crippen LogP contribution is -2.20. The molecule has 0 aliphatic carbocycles. The van der Waals surface area contributed by atoms with E-state index in [2.05, 4.69) is 25.8 Å². The second kappa shape index (κ2) is 7.36. The van der Waals surface area contributed by atoms with E-state index >= 15 is 0 Å². The van der Waals surface area contributed by atoms with Gasteiger partial charge < -0.3 is 4.90 Å². The Hall–Kier alpha value is 0.01000. The summed E-state index contributed by atoms with van der Waals surface area (Å²) in [6, 6.07) is 1.86. The third-order valence-corrected chi connectivity index (χ3v) is 3.33. The minimum Gasteiger partial charge on any atom is -0.359 e. The van der Waals surface area contributed by atoms with E-state index in [4.69, 9.17) is 23.2 Å². The number of alkyl halides is 1. The first kappa shape index (κ1) is 14.1. The van der Waals surface area contributed by atoms with Gasteiger partial charge in [0.1, 0.15) is 5.82 Å². The average Bonchev–Trinajstić information content (AvgIpc) is 2.24. The zero-order valence-electron chi connectivity index (χ0n) is 9.22. The molecule has 0 aliphatic heterocycles. The average molecular weight is 326 g/mol. The Morgan fingerprint density at radius 1 is 1.38 bits per heavy atom.